The number of carbonyl (C=O) groups excluding carboxylic acids is 4. The first-order chi connectivity index (χ1) is 16.7. The molecule has 10 nitrogen and oxygen atoms in total. The molecule has 1 aromatic rings. The third-order valence-electron chi connectivity index (χ3n) is 5.25. The van der Waals surface area contributed by atoms with Crippen LogP contribution in [0.3, 0.4) is 0 Å². The molecule has 0 bridgehead atoms. The number of anilines is 1. The number of carbonyl (C=O) groups is 4. The Hall–Kier alpha value is -4.60. The maximum Gasteiger partial charge on any atom is 0.247 e. The molecule has 4 amide bonds. The van der Waals surface area contributed by atoms with E-state index >= 15 is 0 Å². The fourth-order valence-corrected chi connectivity index (χ4v) is 3.61. The molecule has 0 spiro atoms. The average Bonchev–Trinajstić information content (AvgIpc) is 3.09. The molecule has 1 heterocycles. The van der Waals surface area contributed by atoms with Gasteiger partial charge in [-0.25, -0.2) is 0 Å². The average molecular weight is 477 g/mol. The van der Waals surface area contributed by atoms with Crippen LogP contribution in [0.25, 0.3) is 0 Å². The Balaban J connectivity index is 1.70. The normalized spacial score (nSPS) is 22.6. The zero-order valence-corrected chi connectivity index (χ0v) is 19.1. The Bertz CT molecular complexity index is 1180. The van der Waals surface area contributed by atoms with Crippen LogP contribution in [0.1, 0.15) is 18.4 Å². The lowest BCUT2D eigenvalue weighted by molar-refractivity contribution is -0.130. The third kappa shape index (κ3) is 7.19. The smallest absolute Gasteiger partial charge is 0.247 e. The molecule has 0 fully saturated rings. The van der Waals surface area contributed by atoms with Crippen molar-refractivity contribution in [1.29, 1.82) is 0 Å². The van der Waals surface area contributed by atoms with E-state index in [1.54, 1.807) is 54.7 Å². The Morgan fingerprint density at radius 2 is 1.86 bits per heavy atom. The van der Waals surface area contributed by atoms with Gasteiger partial charge >= 0.3 is 0 Å². The minimum atomic E-state index is -1.24. The number of hydrogen-bond donors (Lipinski definition) is 5. The molecular weight excluding hydrogens is 448 g/mol. The number of rotatable bonds is 7. The maximum absolute atomic E-state index is 13.0. The van der Waals surface area contributed by atoms with Crippen LogP contribution >= 0.6 is 0 Å². The van der Waals surface area contributed by atoms with Crippen molar-refractivity contribution in [3.8, 4) is 0 Å². The molecule has 0 unspecified atom stereocenters. The summed E-state index contributed by atoms with van der Waals surface area (Å²) in [5, 5.41) is 5.20. The molecule has 1 aliphatic carbocycles. The molecule has 1 aliphatic heterocycles. The second kappa shape index (κ2) is 11.5. The molecule has 8 N–H and O–H groups in total. The first kappa shape index (κ1) is 25.0. The van der Waals surface area contributed by atoms with Crippen LogP contribution in [0.2, 0.25) is 0 Å². The van der Waals surface area contributed by atoms with Gasteiger partial charge in [-0.05, 0) is 29.9 Å². The Morgan fingerprint density at radius 1 is 1.09 bits per heavy atom. The lowest BCUT2D eigenvalue weighted by atomic mass is 10.1. The van der Waals surface area contributed by atoms with Gasteiger partial charge in [-0.2, -0.15) is 0 Å². The topological polar surface area (TPSA) is 174 Å². The van der Waals surface area contributed by atoms with E-state index in [0.717, 1.165) is 5.56 Å². The zero-order valence-electron chi connectivity index (χ0n) is 19.1. The van der Waals surface area contributed by atoms with Gasteiger partial charge in [-0.1, -0.05) is 42.5 Å². The highest BCUT2D eigenvalue weighted by atomic mass is 16.2. The fraction of sp³-hybridized carbons (Fsp3) is 0.200. The molecule has 10 heteroatoms. The summed E-state index contributed by atoms with van der Waals surface area (Å²) in [6.45, 7) is -0.290. The number of allylic oxidation sites excluding steroid dienone is 7. The number of primary amides is 1. The Morgan fingerprint density at radius 3 is 2.63 bits per heavy atom. The van der Waals surface area contributed by atoms with Crippen molar-refractivity contribution in [2.45, 2.75) is 25.3 Å². The predicted octanol–water partition coefficient (Wildman–Crippen LogP) is 0.137. The third-order valence-corrected chi connectivity index (χ3v) is 5.25. The zero-order chi connectivity index (χ0) is 25.4. The number of nitrogens with zero attached hydrogens (tertiary/aromatic N) is 1. The van der Waals surface area contributed by atoms with Crippen LogP contribution < -0.4 is 32.7 Å². The summed E-state index contributed by atoms with van der Waals surface area (Å²) >= 11 is 0. The van der Waals surface area contributed by atoms with Crippen molar-refractivity contribution < 1.29 is 19.2 Å². The van der Waals surface area contributed by atoms with Crippen molar-refractivity contribution >= 4 is 29.3 Å². The summed E-state index contributed by atoms with van der Waals surface area (Å²) in [5.41, 5.74) is 19.9. The lowest BCUT2D eigenvalue weighted by Crippen LogP contribution is -2.51. The Kier molecular flexibility index (Phi) is 8.23. The van der Waals surface area contributed by atoms with E-state index in [9.17, 15) is 19.2 Å². The highest BCUT2D eigenvalue weighted by molar-refractivity contribution is 6.05. The van der Waals surface area contributed by atoms with Crippen LogP contribution in [0.4, 0.5) is 5.69 Å². The Labute approximate surface area is 202 Å². The first-order valence-electron chi connectivity index (χ1n) is 11.0. The number of nitrogens with one attached hydrogen (secondary N) is 2. The summed E-state index contributed by atoms with van der Waals surface area (Å²) in [6, 6.07) is 5.92. The fourth-order valence-electron chi connectivity index (χ4n) is 3.61. The minimum Gasteiger partial charge on any atom is -0.402 e. The number of hydrogen-bond acceptors (Lipinski definition) is 6. The van der Waals surface area contributed by atoms with E-state index in [1.165, 1.54) is 4.90 Å². The molecule has 0 saturated carbocycles. The SMILES string of the molecule is NC(=O)C[C@H](NC(=O)CN1C(=O)Cc2ccccc21)C(=O)NC1=C/C\C(N)=C/C(N)=C\C=C/C=C\1. The number of benzene rings is 1. The number of fused-ring (bicyclic) bond motifs is 1. The molecule has 1 atom stereocenters. The first-order valence-corrected chi connectivity index (χ1v) is 11.0. The molecule has 2 aliphatic rings. The van der Waals surface area contributed by atoms with Crippen LogP contribution in [-0.2, 0) is 25.6 Å². The van der Waals surface area contributed by atoms with E-state index < -0.39 is 30.2 Å². The second-order valence-electron chi connectivity index (χ2n) is 8.06. The van der Waals surface area contributed by atoms with Gasteiger partial charge in [0.2, 0.25) is 23.6 Å². The molecule has 182 valence electrons. The van der Waals surface area contributed by atoms with Crippen LogP contribution in [0, 0.1) is 0 Å². The van der Waals surface area contributed by atoms with Gasteiger partial charge in [-0.15, -0.1) is 0 Å². The van der Waals surface area contributed by atoms with E-state index in [-0.39, 0.29) is 18.9 Å². The summed E-state index contributed by atoms with van der Waals surface area (Å²) in [4.78, 5) is 51.0. The molecule has 35 heavy (non-hydrogen) atoms. The number of nitrogens with two attached hydrogens (primary N) is 3. The van der Waals surface area contributed by atoms with Crippen molar-refractivity contribution in [1.82, 2.24) is 10.6 Å². The second-order valence-corrected chi connectivity index (χ2v) is 8.06. The summed E-state index contributed by atoms with van der Waals surface area (Å²) < 4.78 is 0. The van der Waals surface area contributed by atoms with Crippen molar-refractivity contribution in [3.05, 3.63) is 89.5 Å². The highest BCUT2D eigenvalue weighted by Crippen LogP contribution is 2.27. The molecule has 0 aromatic heterocycles. The molecule has 3 rings (SSSR count). The van der Waals surface area contributed by atoms with Gasteiger partial charge in [0, 0.05) is 29.2 Å². The quantitative estimate of drug-likeness (QED) is 0.374. The van der Waals surface area contributed by atoms with Crippen LogP contribution in [0.15, 0.2) is 83.9 Å². The van der Waals surface area contributed by atoms with Gasteiger partial charge in [0.05, 0.1) is 12.8 Å². The monoisotopic (exact) mass is 476 g/mol. The van der Waals surface area contributed by atoms with Gasteiger partial charge < -0.3 is 32.7 Å². The molecule has 0 saturated heterocycles. The molecular formula is C25H28N6O4. The van der Waals surface area contributed by atoms with E-state index in [2.05, 4.69) is 10.6 Å². The van der Waals surface area contributed by atoms with Crippen molar-refractivity contribution in [3.63, 3.8) is 0 Å². The number of amides is 4. The van der Waals surface area contributed by atoms with Gasteiger partial charge in [-0.3, -0.25) is 19.2 Å². The largest absolute Gasteiger partial charge is 0.402 e. The minimum absolute atomic E-state index is 0.197. The predicted molar refractivity (Wildman–Crippen MR) is 132 cm³/mol. The number of para-hydroxylation sites is 1. The summed E-state index contributed by atoms with van der Waals surface area (Å²) in [7, 11) is 0. The van der Waals surface area contributed by atoms with Gasteiger partial charge in [0.1, 0.15) is 12.6 Å². The maximum atomic E-state index is 13.0. The van der Waals surface area contributed by atoms with Crippen LogP contribution in [-0.4, -0.2) is 36.2 Å². The van der Waals surface area contributed by atoms with Gasteiger partial charge in [0.25, 0.3) is 0 Å². The standard InChI is InChI=1S/C25H28N6O4/c26-17-7-2-1-3-8-19(11-10-18(27)13-17)29-25(35)20(14-22(28)32)30-23(33)15-31-21-9-5-4-6-16(21)12-24(31)34/h1-9,11,13,20H,10,12,14-15,26-27H2,(H2,28,32)(H,29,35)(H,30,33)/b2-1-,8-3-,17-7+,18-13+,19-11+/t20-/m0/s1. The van der Waals surface area contributed by atoms with E-state index in [1.807, 2.05) is 12.1 Å². The van der Waals surface area contributed by atoms with E-state index in [0.29, 0.717) is 29.2 Å². The van der Waals surface area contributed by atoms with Crippen molar-refractivity contribution in [2.24, 2.45) is 17.2 Å². The van der Waals surface area contributed by atoms with E-state index in [4.69, 9.17) is 17.2 Å². The van der Waals surface area contributed by atoms with Crippen molar-refractivity contribution in [2.75, 3.05) is 11.4 Å². The molecule has 0 radical (unpaired) electrons. The van der Waals surface area contributed by atoms with Gasteiger partial charge in [0.15, 0.2) is 0 Å². The highest BCUT2D eigenvalue weighted by Gasteiger charge is 2.30. The van der Waals surface area contributed by atoms with Crippen LogP contribution in [0.5, 0.6) is 0 Å². The lowest BCUT2D eigenvalue weighted by Gasteiger charge is -2.21. The molecule has 1 aromatic carbocycles. The summed E-state index contributed by atoms with van der Waals surface area (Å²) in [6.07, 6.45) is 11.8. The summed E-state index contributed by atoms with van der Waals surface area (Å²) in [5.74, 6) is -2.23.